The van der Waals surface area contributed by atoms with Gasteiger partial charge in [-0.2, -0.15) is 0 Å². The van der Waals surface area contributed by atoms with E-state index in [2.05, 4.69) is 23.7 Å². The van der Waals surface area contributed by atoms with Crippen LogP contribution in [0.25, 0.3) is 10.6 Å². The van der Waals surface area contributed by atoms with Crippen molar-refractivity contribution in [3.63, 3.8) is 0 Å². The second-order valence-electron chi connectivity index (χ2n) is 6.84. The second-order valence-corrected chi connectivity index (χ2v) is 7.84. The smallest absolute Gasteiger partial charge is 0.265 e. The Morgan fingerprint density at radius 1 is 1.20 bits per heavy atom. The van der Waals surface area contributed by atoms with E-state index in [1.54, 1.807) is 6.07 Å². The Hall–Kier alpha value is -1.79. The van der Waals surface area contributed by atoms with Crippen molar-refractivity contribution < 1.29 is 9.18 Å². The van der Waals surface area contributed by atoms with E-state index in [1.807, 2.05) is 24.8 Å². The summed E-state index contributed by atoms with van der Waals surface area (Å²) >= 11 is 1.29. The molecule has 1 saturated heterocycles. The molecule has 4 nitrogen and oxygen atoms in total. The average molecular weight is 361 g/mol. The van der Waals surface area contributed by atoms with Crippen molar-refractivity contribution in [3.05, 3.63) is 40.2 Å². The van der Waals surface area contributed by atoms with Crippen LogP contribution in [0.1, 0.15) is 34.8 Å². The van der Waals surface area contributed by atoms with E-state index in [-0.39, 0.29) is 11.7 Å². The van der Waals surface area contributed by atoms with E-state index in [0.717, 1.165) is 31.7 Å². The van der Waals surface area contributed by atoms with E-state index in [1.165, 1.54) is 17.4 Å². The van der Waals surface area contributed by atoms with E-state index in [9.17, 15) is 9.18 Å². The third-order valence-electron chi connectivity index (χ3n) is 4.68. The van der Waals surface area contributed by atoms with Crippen molar-refractivity contribution in [2.75, 3.05) is 26.2 Å². The molecule has 1 aromatic heterocycles. The number of hydrogen-bond donors (Lipinski definition) is 0. The lowest BCUT2D eigenvalue weighted by Gasteiger charge is -2.36. The summed E-state index contributed by atoms with van der Waals surface area (Å²) in [7, 11) is 0. The fourth-order valence-corrected chi connectivity index (χ4v) is 4.15. The summed E-state index contributed by atoms with van der Waals surface area (Å²) in [4.78, 5) is 22.2. The Morgan fingerprint density at radius 3 is 2.48 bits per heavy atom. The van der Waals surface area contributed by atoms with Crippen molar-refractivity contribution in [3.8, 4) is 10.6 Å². The van der Waals surface area contributed by atoms with Gasteiger partial charge in [-0.15, -0.1) is 11.3 Å². The summed E-state index contributed by atoms with van der Waals surface area (Å²) in [5, 5.41) is 0.569. The van der Waals surface area contributed by atoms with Crippen LogP contribution in [0.2, 0.25) is 0 Å². The maximum atomic E-state index is 14.2. The maximum absolute atomic E-state index is 14.2. The van der Waals surface area contributed by atoms with Crippen LogP contribution in [0, 0.1) is 19.7 Å². The van der Waals surface area contributed by atoms with Gasteiger partial charge in [-0.05, 0) is 45.4 Å². The van der Waals surface area contributed by atoms with Gasteiger partial charge in [-0.3, -0.25) is 9.69 Å². The fraction of sp³-hybridized carbons (Fsp3) is 0.474. The summed E-state index contributed by atoms with van der Waals surface area (Å²) in [6, 6.07) is 5.59. The molecule has 0 unspecified atom stereocenters. The molecule has 0 N–H and O–H groups in total. The number of rotatable bonds is 3. The normalized spacial score (nSPS) is 15.8. The quantitative estimate of drug-likeness (QED) is 0.836. The van der Waals surface area contributed by atoms with E-state index < -0.39 is 0 Å². The van der Waals surface area contributed by atoms with Gasteiger partial charge in [-0.25, -0.2) is 9.37 Å². The molecule has 25 heavy (non-hydrogen) atoms. The zero-order chi connectivity index (χ0) is 18.1. The zero-order valence-corrected chi connectivity index (χ0v) is 16.0. The van der Waals surface area contributed by atoms with Crippen LogP contribution in [0.5, 0.6) is 0 Å². The number of hydrogen-bond acceptors (Lipinski definition) is 4. The minimum atomic E-state index is -0.293. The molecule has 0 atom stereocenters. The third kappa shape index (κ3) is 3.75. The summed E-state index contributed by atoms with van der Waals surface area (Å²) in [6.07, 6.45) is 0. The largest absolute Gasteiger partial charge is 0.335 e. The highest BCUT2D eigenvalue weighted by atomic mass is 32.1. The van der Waals surface area contributed by atoms with Gasteiger partial charge in [0.05, 0.1) is 5.69 Å². The van der Waals surface area contributed by atoms with Crippen molar-refractivity contribution >= 4 is 17.2 Å². The number of carbonyl (C=O) groups excluding carboxylic acids is 1. The van der Waals surface area contributed by atoms with Crippen LogP contribution in [0.3, 0.4) is 0 Å². The van der Waals surface area contributed by atoms with E-state index in [4.69, 9.17) is 0 Å². The van der Waals surface area contributed by atoms with Gasteiger partial charge in [0, 0.05) is 37.8 Å². The van der Waals surface area contributed by atoms with E-state index in [0.29, 0.717) is 27.2 Å². The second kappa shape index (κ2) is 7.22. The number of benzene rings is 1. The molecule has 1 fully saturated rings. The van der Waals surface area contributed by atoms with Crippen molar-refractivity contribution in [2.24, 2.45) is 0 Å². The van der Waals surface area contributed by atoms with Crippen molar-refractivity contribution in [2.45, 2.75) is 33.7 Å². The molecule has 0 bridgehead atoms. The number of thiazole rings is 1. The first kappa shape index (κ1) is 18.0. The van der Waals surface area contributed by atoms with Gasteiger partial charge < -0.3 is 4.90 Å². The molecule has 1 aliphatic heterocycles. The van der Waals surface area contributed by atoms with Gasteiger partial charge in [-0.1, -0.05) is 6.07 Å². The zero-order valence-electron chi connectivity index (χ0n) is 15.2. The van der Waals surface area contributed by atoms with Gasteiger partial charge in [0.2, 0.25) is 0 Å². The standard InChI is InChI=1S/C19H24FN3OS/c1-12(2)22-7-9-23(10-8-22)19(24)17-14(4)21-18(25-17)15-6-5-13(3)11-16(15)20/h5-6,11-12H,7-10H2,1-4H3. The molecule has 134 valence electrons. The topological polar surface area (TPSA) is 36.4 Å². The van der Waals surface area contributed by atoms with Crippen molar-refractivity contribution in [1.82, 2.24) is 14.8 Å². The lowest BCUT2D eigenvalue weighted by molar-refractivity contribution is 0.0599. The Labute approximate surface area is 152 Å². The molecule has 1 amide bonds. The van der Waals surface area contributed by atoms with Crippen LogP contribution in [0.15, 0.2) is 18.2 Å². The highest BCUT2D eigenvalue weighted by Crippen LogP contribution is 2.31. The summed E-state index contributed by atoms with van der Waals surface area (Å²) in [5.74, 6) is -0.282. The molecule has 2 aromatic rings. The Kier molecular flexibility index (Phi) is 5.20. The number of nitrogens with zero attached hydrogens (tertiary/aromatic N) is 3. The molecule has 0 spiro atoms. The molecule has 3 rings (SSSR count). The molecular weight excluding hydrogens is 337 g/mol. The summed E-state index contributed by atoms with van der Waals surface area (Å²) in [5.41, 5.74) is 2.01. The van der Waals surface area contributed by atoms with Gasteiger partial charge in [0.15, 0.2) is 0 Å². The first-order valence-corrected chi connectivity index (χ1v) is 9.45. The fourth-order valence-electron chi connectivity index (χ4n) is 3.09. The SMILES string of the molecule is Cc1ccc(-c2nc(C)c(C(=O)N3CCN(C(C)C)CC3)s2)c(F)c1. The first-order valence-electron chi connectivity index (χ1n) is 8.64. The Bertz CT molecular complexity index is 779. The van der Waals surface area contributed by atoms with Gasteiger partial charge in [0.1, 0.15) is 15.7 Å². The Morgan fingerprint density at radius 2 is 1.88 bits per heavy atom. The minimum absolute atomic E-state index is 0.0113. The van der Waals surface area contributed by atoms with E-state index >= 15 is 0 Å². The predicted octanol–water partition coefficient (Wildman–Crippen LogP) is 3.73. The molecule has 0 aliphatic carbocycles. The number of carbonyl (C=O) groups is 1. The molecule has 2 heterocycles. The average Bonchev–Trinajstić information content (AvgIpc) is 2.95. The van der Waals surface area contributed by atoms with Crippen LogP contribution in [-0.2, 0) is 0 Å². The molecule has 0 radical (unpaired) electrons. The number of amides is 1. The highest BCUT2D eigenvalue weighted by Gasteiger charge is 2.26. The van der Waals surface area contributed by atoms with Crippen LogP contribution in [-0.4, -0.2) is 52.9 Å². The summed E-state index contributed by atoms with van der Waals surface area (Å²) in [6.45, 7) is 11.3. The summed E-state index contributed by atoms with van der Waals surface area (Å²) < 4.78 is 14.2. The number of aryl methyl sites for hydroxylation is 2. The molecule has 0 saturated carbocycles. The number of piperazine rings is 1. The first-order chi connectivity index (χ1) is 11.9. The minimum Gasteiger partial charge on any atom is -0.335 e. The third-order valence-corrected chi connectivity index (χ3v) is 5.86. The molecule has 6 heteroatoms. The van der Waals surface area contributed by atoms with Crippen LogP contribution in [0.4, 0.5) is 4.39 Å². The highest BCUT2D eigenvalue weighted by molar-refractivity contribution is 7.17. The number of aromatic nitrogens is 1. The Balaban J connectivity index is 1.80. The lowest BCUT2D eigenvalue weighted by atomic mass is 10.1. The molecular formula is C19H24FN3OS. The maximum Gasteiger partial charge on any atom is 0.265 e. The van der Waals surface area contributed by atoms with Gasteiger partial charge in [0.25, 0.3) is 5.91 Å². The van der Waals surface area contributed by atoms with Crippen LogP contribution >= 0.6 is 11.3 Å². The van der Waals surface area contributed by atoms with Crippen LogP contribution < -0.4 is 0 Å². The lowest BCUT2D eigenvalue weighted by Crippen LogP contribution is -2.50. The predicted molar refractivity (Wildman–Crippen MR) is 99.6 cm³/mol. The van der Waals surface area contributed by atoms with Crippen molar-refractivity contribution in [1.29, 1.82) is 0 Å². The molecule has 1 aromatic carbocycles. The monoisotopic (exact) mass is 361 g/mol. The van der Waals surface area contributed by atoms with Gasteiger partial charge >= 0.3 is 0 Å². The number of halogens is 1. The molecule has 1 aliphatic rings.